The van der Waals surface area contributed by atoms with Crippen LogP contribution in [0.1, 0.15) is 23.5 Å². The first kappa shape index (κ1) is 13.9. The Hall–Kier alpha value is -2.45. The number of fused-ring (bicyclic) bond motifs is 3. The van der Waals surface area contributed by atoms with Crippen molar-refractivity contribution in [1.82, 2.24) is 0 Å². The second kappa shape index (κ2) is 5.29. The summed E-state index contributed by atoms with van der Waals surface area (Å²) in [5.74, 6) is 0.264. The van der Waals surface area contributed by atoms with E-state index in [4.69, 9.17) is 16.6 Å². The molecular formula is C21H15ClN2. The number of hydrogen-bond donors (Lipinski definition) is 0. The summed E-state index contributed by atoms with van der Waals surface area (Å²) in [5, 5.41) is 2.82. The van der Waals surface area contributed by atoms with Gasteiger partial charge < -0.3 is 0 Å². The van der Waals surface area contributed by atoms with E-state index in [0.717, 1.165) is 39.8 Å². The molecule has 0 N–H and O–H groups in total. The molecule has 24 heavy (non-hydrogen) atoms. The van der Waals surface area contributed by atoms with Crippen LogP contribution < -0.4 is 10.6 Å². The van der Waals surface area contributed by atoms with Gasteiger partial charge in [0.25, 0.3) is 0 Å². The first-order valence-electron chi connectivity index (χ1n) is 8.21. The maximum Gasteiger partial charge on any atom is 0.0858 e. The normalized spacial score (nSPS) is 19.6. The third-order valence-electron chi connectivity index (χ3n) is 4.89. The predicted molar refractivity (Wildman–Crippen MR) is 98.5 cm³/mol. The molecule has 2 aromatic carbocycles. The first-order chi connectivity index (χ1) is 11.8. The van der Waals surface area contributed by atoms with Gasteiger partial charge in [0.1, 0.15) is 0 Å². The lowest BCUT2D eigenvalue weighted by Gasteiger charge is -2.10. The van der Waals surface area contributed by atoms with E-state index >= 15 is 0 Å². The average Bonchev–Trinajstić information content (AvgIpc) is 3.18. The summed E-state index contributed by atoms with van der Waals surface area (Å²) in [6.45, 7) is 0. The minimum absolute atomic E-state index is 0.264. The highest BCUT2D eigenvalue weighted by molar-refractivity contribution is 6.33. The van der Waals surface area contributed by atoms with Crippen LogP contribution in [0.3, 0.4) is 0 Å². The first-order valence-corrected chi connectivity index (χ1v) is 8.58. The molecule has 0 spiro atoms. The topological polar surface area (TPSA) is 24.7 Å². The smallest absolute Gasteiger partial charge is 0.0858 e. The zero-order valence-corrected chi connectivity index (χ0v) is 13.8. The summed E-state index contributed by atoms with van der Waals surface area (Å²) >= 11 is 6.74. The van der Waals surface area contributed by atoms with E-state index in [1.807, 2.05) is 12.3 Å². The lowest BCUT2D eigenvalue weighted by molar-refractivity contribution is 0.908. The molecule has 1 aliphatic carbocycles. The molecule has 0 saturated carbocycles. The van der Waals surface area contributed by atoms with E-state index in [1.54, 1.807) is 0 Å². The molecule has 0 fully saturated rings. The van der Waals surface area contributed by atoms with Gasteiger partial charge in [0, 0.05) is 17.4 Å². The van der Waals surface area contributed by atoms with Crippen LogP contribution in [0.15, 0.2) is 70.3 Å². The zero-order chi connectivity index (χ0) is 16.1. The van der Waals surface area contributed by atoms with Crippen LogP contribution in [0.2, 0.25) is 5.02 Å². The van der Waals surface area contributed by atoms with E-state index < -0.39 is 0 Å². The highest BCUT2D eigenvalue weighted by Crippen LogP contribution is 2.38. The minimum Gasteiger partial charge on any atom is -0.259 e. The Morgan fingerprint density at radius 1 is 1.17 bits per heavy atom. The Bertz CT molecular complexity index is 1060. The van der Waals surface area contributed by atoms with E-state index in [9.17, 15) is 0 Å². The van der Waals surface area contributed by atoms with E-state index in [2.05, 4.69) is 53.6 Å². The van der Waals surface area contributed by atoms with E-state index in [-0.39, 0.29) is 5.92 Å². The van der Waals surface area contributed by atoms with Crippen molar-refractivity contribution < 1.29 is 0 Å². The van der Waals surface area contributed by atoms with Gasteiger partial charge in [-0.1, -0.05) is 54.1 Å². The molecule has 5 rings (SSSR count). The molecule has 2 aromatic rings. The van der Waals surface area contributed by atoms with Gasteiger partial charge in [-0.3, -0.25) is 4.99 Å². The maximum atomic E-state index is 6.74. The molecule has 2 heterocycles. The van der Waals surface area contributed by atoms with Gasteiger partial charge in [-0.15, -0.1) is 0 Å². The molecule has 0 bridgehead atoms. The second-order valence-electron chi connectivity index (χ2n) is 6.37. The van der Waals surface area contributed by atoms with Gasteiger partial charge in [0.05, 0.1) is 21.8 Å². The summed E-state index contributed by atoms with van der Waals surface area (Å²) in [7, 11) is 0. The van der Waals surface area contributed by atoms with Crippen molar-refractivity contribution in [3.8, 4) is 0 Å². The van der Waals surface area contributed by atoms with Crippen LogP contribution >= 0.6 is 11.6 Å². The Kier molecular flexibility index (Phi) is 3.07. The fourth-order valence-corrected chi connectivity index (χ4v) is 4.09. The van der Waals surface area contributed by atoms with Crippen molar-refractivity contribution in [2.75, 3.05) is 0 Å². The van der Waals surface area contributed by atoms with Gasteiger partial charge in [0.2, 0.25) is 0 Å². The third-order valence-corrected chi connectivity index (χ3v) is 5.26. The Balaban J connectivity index is 1.65. The second-order valence-corrected chi connectivity index (χ2v) is 6.75. The van der Waals surface area contributed by atoms with Crippen molar-refractivity contribution in [2.24, 2.45) is 9.98 Å². The van der Waals surface area contributed by atoms with Gasteiger partial charge >= 0.3 is 0 Å². The Morgan fingerprint density at radius 3 is 2.92 bits per heavy atom. The van der Waals surface area contributed by atoms with Crippen LogP contribution in [0.4, 0.5) is 5.69 Å². The number of allylic oxidation sites excluding steroid dienone is 4. The summed E-state index contributed by atoms with van der Waals surface area (Å²) < 4.78 is 0. The summed E-state index contributed by atoms with van der Waals surface area (Å²) in [4.78, 5) is 9.43. The van der Waals surface area contributed by atoms with Crippen molar-refractivity contribution in [1.29, 1.82) is 0 Å². The number of rotatable bonds is 2. The Morgan fingerprint density at radius 2 is 2.04 bits per heavy atom. The fraction of sp³-hybridized carbons (Fsp3) is 0.143. The summed E-state index contributed by atoms with van der Waals surface area (Å²) in [6, 6.07) is 12.7. The van der Waals surface area contributed by atoms with Gasteiger partial charge in [-0.25, -0.2) is 4.99 Å². The summed E-state index contributed by atoms with van der Waals surface area (Å²) in [5.41, 5.74) is 5.70. The van der Waals surface area contributed by atoms with Crippen LogP contribution in [0.25, 0.3) is 5.57 Å². The molecule has 3 aliphatic rings. The van der Waals surface area contributed by atoms with Crippen LogP contribution in [0.5, 0.6) is 0 Å². The molecule has 116 valence electrons. The van der Waals surface area contributed by atoms with Crippen LogP contribution in [-0.4, -0.2) is 6.21 Å². The third kappa shape index (κ3) is 2.03. The molecular weight excluding hydrogens is 316 g/mol. The maximum absolute atomic E-state index is 6.74. The predicted octanol–water partition coefficient (Wildman–Crippen LogP) is 4.01. The van der Waals surface area contributed by atoms with E-state index in [1.165, 1.54) is 16.7 Å². The van der Waals surface area contributed by atoms with Crippen molar-refractivity contribution in [3.05, 3.63) is 87.0 Å². The van der Waals surface area contributed by atoms with Crippen molar-refractivity contribution >= 4 is 29.1 Å². The number of nitrogens with zero attached hydrogens (tertiary/aromatic N) is 2. The fourth-order valence-electron chi connectivity index (χ4n) is 3.72. The van der Waals surface area contributed by atoms with Crippen LogP contribution in [0, 0.1) is 0 Å². The summed E-state index contributed by atoms with van der Waals surface area (Å²) in [6.07, 6.45) is 10.1. The zero-order valence-electron chi connectivity index (χ0n) is 13.0. The molecule has 0 aromatic heterocycles. The monoisotopic (exact) mass is 330 g/mol. The molecule has 1 unspecified atom stereocenters. The molecule has 1 atom stereocenters. The largest absolute Gasteiger partial charge is 0.259 e. The number of hydrogen-bond acceptors (Lipinski definition) is 2. The van der Waals surface area contributed by atoms with Crippen molar-refractivity contribution in [3.63, 3.8) is 0 Å². The Labute approximate surface area is 145 Å². The van der Waals surface area contributed by atoms with Crippen LogP contribution in [-0.2, 0) is 6.42 Å². The molecule has 2 nitrogen and oxygen atoms in total. The highest BCUT2D eigenvalue weighted by Gasteiger charge is 2.26. The lowest BCUT2D eigenvalue weighted by Crippen LogP contribution is -2.25. The standard InChI is InChI=1S/C21H15ClN2/c22-20-19-15-8-4-5-9-17(15)24-18(19)11-16-14(12-23-21(16)20)10-13-6-2-1-3-7-13/h1-7,9,11-12,14H,8,10H2. The number of aliphatic imine (C=N–C) groups is 1. The minimum atomic E-state index is 0.264. The molecule has 0 amide bonds. The molecule has 2 aliphatic heterocycles. The molecule has 3 heteroatoms. The van der Waals surface area contributed by atoms with Gasteiger partial charge in [-0.2, -0.15) is 0 Å². The number of halogens is 1. The van der Waals surface area contributed by atoms with Crippen molar-refractivity contribution in [2.45, 2.75) is 18.8 Å². The van der Waals surface area contributed by atoms with Gasteiger partial charge in [0.15, 0.2) is 0 Å². The lowest BCUT2D eigenvalue weighted by atomic mass is 9.93. The van der Waals surface area contributed by atoms with E-state index in [0.29, 0.717) is 0 Å². The SMILES string of the molecule is Clc1c2c(cc3c1=C1CC=CC=C1N=3)C(Cc1ccccc1)C=N2. The average molecular weight is 331 g/mol. The number of benzene rings is 2. The highest BCUT2D eigenvalue weighted by atomic mass is 35.5. The molecule has 0 radical (unpaired) electrons. The quantitative estimate of drug-likeness (QED) is 0.795. The molecule has 0 saturated heterocycles. The van der Waals surface area contributed by atoms with Gasteiger partial charge in [-0.05, 0) is 41.7 Å².